The third-order valence-corrected chi connectivity index (χ3v) is 15.4. The van der Waals surface area contributed by atoms with Crippen LogP contribution >= 0.6 is 0 Å². The Morgan fingerprint density at radius 1 is 0.854 bits per heavy atom. The summed E-state index contributed by atoms with van der Waals surface area (Å²) >= 11 is 0. The minimum Gasteiger partial charge on any atom is -0.481 e. The van der Waals surface area contributed by atoms with Crippen LogP contribution in [0.4, 0.5) is 0 Å². The molecule has 8 N–H and O–H groups in total. The first-order valence-corrected chi connectivity index (χ1v) is 17.7. The Balaban J connectivity index is 1.40. The minimum atomic E-state index is -1.74. The number of carboxylic acid groups (broad SMARTS) is 1. The summed E-state index contributed by atoms with van der Waals surface area (Å²) in [5.74, 6) is -2.82. The number of hydrogen-bond donors (Lipinski definition) is 8. The van der Waals surface area contributed by atoms with Gasteiger partial charge in [-0.25, -0.2) is 0 Å². The highest BCUT2D eigenvalue weighted by atomic mass is 16.7. The fraction of sp³-hybridized carbons (Fsp3) is 0.889. The van der Waals surface area contributed by atoms with Crippen molar-refractivity contribution in [2.45, 2.75) is 142 Å². The van der Waals surface area contributed by atoms with Gasteiger partial charge in [-0.15, -0.1) is 0 Å². The molecule has 0 spiro atoms. The molecule has 1 heterocycles. The molecule has 0 bridgehead atoms. The van der Waals surface area contributed by atoms with E-state index in [1.54, 1.807) is 6.92 Å². The van der Waals surface area contributed by atoms with Crippen LogP contribution in [-0.4, -0.2) is 108 Å². The van der Waals surface area contributed by atoms with Crippen LogP contribution in [0.2, 0.25) is 0 Å². The lowest BCUT2D eigenvalue weighted by Gasteiger charge is -2.71. The van der Waals surface area contributed by atoms with Gasteiger partial charge in [0.2, 0.25) is 6.29 Å². The van der Waals surface area contributed by atoms with Gasteiger partial charge in [-0.3, -0.25) is 9.59 Å². The minimum absolute atomic E-state index is 0.0411. The van der Waals surface area contributed by atoms with Crippen molar-refractivity contribution in [2.75, 3.05) is 6.61 Å². The maximum atomic E-state index is 14.4. The maximum Gasteiger partial charge on any atom is 0.315 e. The summed E-state index contributed by atoms with van der Waals surface area (Å²) in [6.45, 7) is 11.4. The largest absolute Gasteiger partial charge is 0.481 e. The Morgan fingerprint density at radius 3 is 2.12 bits per heavy atom. The Morgan fingerprint density at radius 2 is 1.50 bits per heavy atom. The fourth-order valence-electron chi connectivity index (χ4n) is 12.1. The first-order valence-electron chi connectivity index (χ1n) is 17.7. The number of rotatable bonds is 4. The fourth-order valence-corrected chi connectivity index (χ4v) is 12.1. The zero-order valence-corrected chi connectivity index (χ0v) is 29.0. The quantitative estimate of drug-likeness (QED) is 0.157. The van der Waals surface area contributed by atoms with Gasteiger partial charge in [0.05, 0.1) is 35.7 Å². The van der Waals surface area contributed by atoms with Crippen LogP contribution in [0.15, 0.2) is 11.6 Å². The first-order chi connectivity index (χ1) is 22.2. The van der Waals surface area contributed by atoms with Crippen molar-refractivity contribution in [1.82, 2.24) is 0 Å². The van der Waals surface area contributed by atoms with Crippen molar-refractivity contribution in [3.63, 3.8) is 0 Å². The van der Waals surface area contributed by atoms with E-state index < -0.39 is 106 Å². The molecule has 0 aromatic heterocycles. The third-order valence-electron chi connectivity index (χ3n) is 15.4. The number of carbonyl (C=O) groups is 2. The number of fused-ring (bicyclic) bond motifs is 7. The van der Waals surface area contributed by atoms with Gasteiger partial charge in [0.1, 0.15) is 24.4 Å². The summed E-state index contributed by atoms with van der Waals surface area (Å²) in [7, 11) is 0. The van der Waals surface area contributed by atoms with E-state index in [-0.39, 0.29) is 18.3 Å². The standard InChI is InChI=1S/C36H56O12/c1-31(2)11-13-36(30(46)48-28-25(41)24(40)23(39)19(16-37)47-28)14-12-33(4)17(22(36)27(31)43)7-8-20-32(3)15-18(38)26(42)35(6,29(44)45)21(32)9-10-34(20,33)5/h7,18-28,37-43H,8-16H2,1-6H3,(H,44,45). The van der Waals surface area contributed by atoms with E-state index in [4.69, 9.17) is 9.47 Å². The molecule has 0 amide bonds. The predicted molar refractivity (Wildman–Crippen MR) is 170 cm³/mol. The zero-order valence-electron chi connectivity index (χ0n) is 29.0. The molecule has 12 nitrogen and oxygen atoms in total. The van der Waals surface area contributed by atoms with Crippen molar-refractivity contribution < 1.29 is 59.9 Å². The Kier molecular flexibility index (Phi) is 8.61. The van der Waals surface area contributed by atoms with Crippen LogP contribution in [0.3, 0.4) is 0 Å². The van der Waals surface area contributed by atoms with Crippen LogP contribution in [-0.2, 0) is 19.1 Å². The third kappa shape index (κ3) is 4.55. The number of ether oxygens (including phenoxy) is 2. The van der Waals surface area contributed by atoms with Gasteiger partial charge >= 0.3 is 11.9 Å². The van der Waals surface area contributed by atoms with E-state index in [2.05, 4.69) is 26.8 Å². The van der Waals surface area contributed by atoms with Gasteiger partial charge in [0, 0.05) is 5.92 Å². The van der Waals surface area contributed by atoms with Gasteiger partial charge in [-0.2, -0.15) is 0 Å². The molecule has 16 unspecified atom stereocenters. The number of carboxylic acids is 1. The molecule has 0 aromatic carbocycles. The van der Waals surface area contributed by atoms with E-state index in [1.807, 2.05) is 13.8 Å². The summed E-state index contributed by atoms with van der Waals surface area (Å²) in [4.78, 5) is 27.2. The lowest BCUT2D eigenvalue weighted by Crippen LogP contribution is -2.69. The Hall–Kier alpha value is -1.64. The highest BCUT2D eigenvalue weighted by Crippen LogP contribution is 2.76. The van der Waals surface area contributed by atoms with Gasteiger partial charge in [0.25, 0.3) is 0 Å². The molecule has 0 aromatic rings. The summed E-state index contributed by atoms with van der Waals surface area (Å²) in [5, 5.41) is 85.7. The summed E-state index contributed by atoms with van der Waals surface area (Å²) in [6, 6.07) is 0. The van der Waals surface area contributed by atoms with Crippen molar-refractivity contribution in [1.29, 1.82) is 0 Å². The second-order valence-corrected chi connectivity index (χ2v) is 17.8. The van der Waals surface area contributed by atoms with Gasteiger partial charge in [0.15, 0.2) is 0 Å². The average molecular weight is 681 g/mol. The van der Waals surface area contributed by atoms with E-state index in [1.165, 1.54) is 0 Å². The normalized spacial score (nSPS) is 54.4. The van der Waals surface area contributed by atoms with Crippen LogP contribution < -0.4 is 0 Å². The molecule has 1 saturated heterocycles. The molecule has 12 heteroatoms. The van der Waals surface area contributed by atoms with E-state index in [9.17, 15) is 50.4 Å². The molecule has 0 radical (unpaired) electrons. The van der Waals surface area contributed by atoms with Gasteiger partial charge in [-0.05, 0) is 91.8 Å². The van der Waals surface area contributed by atoms with Crippen molar-refractivity contribution in [3.8, 4) is 0 Å². The number of hydrogen-bond acceptors (Lipinski definition) is 11. The van der Waals surface area contributed by atoms with Crippen molar-refractivity contribution in [2.24, 2.45) is 50.2 Å². The molecule has 6 aliphatic rings. The number of aliphatic hydroxyl groups is 7. The highest BCUT2D eigenvalue weighted by Gasteiger charge is 2.73. The van der Waals surface area contributed by atoms with Gasteiger partial charge in [-0.1, -0.05) is 46.3 Å². The molecule has 5 fully saturated rings. The number of carbonyl (C=O) groups excluding carboxylic acids is 1. The molecule has 1 aliphatic heterocycles. The maximum absolute atomic E-state index is 14.4. The monoisotopic (exact) mass is 680 g/mol. The smallest absolute Gasteiger partial charge is 0.315 e. The van der Waals surface area contributed by atoms with Gasteiger partial charge < -0.3 is 50.3 Å². The second-order valence-electron chi connectivity index (χ2n) is 17.8. The van der Waals surface area contributed by atoms with Crippen molar-refractivity contribution >= 4 is 11.9 Å². The molecular weight excluding hydrogens is 624 g/mol. The molecule has 5 aliphatic carbocycles. The number of allylic oxidation sites excluding steroid dienone is 1. The van der Waals surface area contributed by atoms with Crippen molar-refractivity contribution in [3.05, 3.63) is 11.6 Å². The summed E-state index contributed by atoms with van der Waals surface area (Å²) in [6.07, 6.45) is -5.35. The number of aliphatic hydroxyl groups excluding tert-OH is 7. The highest BCUT2D eigenvalue weighted by molar-refractivity contribution is 5.79. The van der Waals surface area contributed by atoms with E-state index >= 15 is 0 Å². The zero-order chi connectivity index (χ0) is 35.6. The summed E-state index contributed by atoms with van der Waals surface area (Å²) < 4.78 is 11.4. The Bertz CT molecular complexity index is 1350. The predicted octanol–water partition coefficient (Wildman–Crippen LogP) is 1.50. The number of aliphatic carboxylic acids is 1. The van der Waals surface area contributed by atoms with E-state index in [0.29, 0.717) is 44.9 Å². The Labute approximate surface area is 282 Å². The summed E-state index contributed by atoms with van der Waals surface area (Å²) in [5.41, 5.74) is -3.75. The average Bonchev–Trinajstić information content (AvgIpc) is 3.02. The number of esters is 1. The first kappa shape index (κ1) is 36.2. The van der Waals surface area contributed by atoms with Crippen LogP contribution in [0.5, 0.6) is 0 Å². The molecule has 6 rings (SSSR count). The molecule has 272 valence electrons. The van der Waals surface area contributed by atoms with Crippen LogP contribution in [0.25, 0.3) is 0 Å². The lowest BCUT2D eigenvalue weighted by atomic mass is 9.33. The van der Waals surface area contributed by atoms with Crippen LogP contribution in [0, 0.1) is 50.2 Å². The molecule has 16 atom stereocenters. The van der Waals surface area contributed by atoms with E-state index in [0.717, 1.165) is 5.57 Å². The van der Waals surface area contributed by atoms with Crippen LogP contribution in [0.1, 0.15) is 92.9 Å². The SMILES string of the molecule is CC1(C)CCC2(C(=O)OC3OC(CO)C(O)C(O)C3O)CCC3(C)C(=CCC4C5(C)CC(O)C(O)C(C)(C(=O)O)C5CCC43C)C2C1O. The topological polar surface area (TPSA) is 214 Å². The molecular formula is C36H56O12. The molecule has 48 heavy (non-hydrogen) atoms. The lowest BCUT2D eigenvalue weighted by molar-refractivity contribution is -0.298. The second kappa shape index (κ2) is 11.4. The molecule has 4 saturated carbocycles.